The number of oxime groups is 1. The predicted molar refractivity (Wildman–Crippen MR) is 67.3 cm³/mol. The number of fused-ring (bicyclic) bond motifs is 1. The minimum atomic E-state index is -0.129. The molecule has 1 aromatic carbocycles. The number of nitrogens with one attached hydrogen (secondary N) is 1. The van der Waals surface area contributed by atoms with Gasteiger partial charge in [0.2, 0.25) is 0 Å². The molecule has 0 heterocycles. The average molecular weight is 248 g/mol. The van der Waals surface area contributed by atoms with Crippen molar-refractivity contribution in [3.8, 4) is 5.75 Å². The summed E-state index contributed by atoms with van der Waals surface area (Å²) in [7, 11) is 0. The van der Waals surface area contributed by atoms with Crippen LogP contribution in [-0.2, 0) is 11.2 Å². The summed E-state index contributed by atoms with van der Waals surface area (Å²) in [5, 5.41) is 14.8. The molecule has 0 aromatic heterocycles. The lowest BCUT2D eigenvalue weighted by Crippen LogP contribution is -2.28. The molecule has 5 heteroatoms. The van der Waals surface area contributed by atoms with Gasteiger partial charge in [0, 0.05) is 12.1 Å². The molecular weight excluding hydrogens is 232 g/mol. The van der Waals surface area contributed by atoms with Crippen LogP contribution in [0.3, 0.4) is 0 Å². The Balaban J connectivity index is 2.02. The quantitative estimate of drug-likeness (QED) is 0.623. The van der Waals surface area contributed by atoms with Gasteiger partial charge in [-0.2, -0.15) is 0 Å². The number of hydrogen-bond donors (Lipinski definition) is 2. The van der Waals surface area contributed by atoms with Gasteiger partial charge in [0.15, 0.2) is 6.61 Å². The molecular formula is C13H16N2O3. The van der Waals surface area contributed by atoms with E-state index in [9.17, 15) is 4.79 Å². The van der Waals surface area contributed by atoms with Crippen molar-refractivity contribution in [2.24, 2.45) is 5.16 Å². The highest BCUT2D eigenvalue weighted by Gasteiger charge is 2.18. The number of aryl methyl sites for hydroxylation is 1. The molecule has 0 atom stereocenters. The SMILES string of the molecule is CCNC(=O)COc1ccc2c(c1)CC/C2=N\O. The Morgan fingerprint density at radius 3 is 3.06 bits per heavy atom. The first-order chi connectivity index (χ1) is 8.74. The lowest BCUT2D eigenvalue weighted by atomic mass is 10.1. The van der Waals surface area contributed by atoms with Crippen LogP contribution in [0.1, 0.15) is 24.5 Å². The summed E-state index contributed by atoms with van der Waals surface area (Å²) >= 11 is 0. The monoisotopic (exact) mass is 248 g/mol. The summed E-state index contributed by atoms with van der Waals surface area (Å²) in [6.07, 6.45) is 1.58. The number of carbonyl (C=O) groups is 1. The Kier molecular flexibility index (Phi) is 3.82. The van der Waals surface area contributed by atoms with Crippen molar-refractivity contribution in [1.82, 2.24) is 5.32 Å². The van der Waals surface area contributed by atoms with Crippen LogP contribution in [0, 0.1) is 0 Å². The molecule has 5 nitrogen and oxygen atoms in total. The third kappa shape index (κ3) is 2.61. The molecule has 1 amide bonds. The van der Waals surface area contributed by atoms with Crippen molar-refractivity contribution in [3.05, 3.63) is 29.3 Å². The first-order valence-corrected chi connectivity index (χ1v) is 5.98. The predicted octanol–water partition coefficient (Wildman–Crippen LogP) is 1.33. The van der Waals surface area contributed by atoms with Crippen LogP contribution in [0.5, 0.6) is 5.75 Å². The fourth-order valence-electron chi connectivity index (χ4n) is 2.04. The molecule has 0 saturated carbocycles. The van der Waals surface area contributed by atoms with Crippen LogP contribution < -0.4 is 10.1 Å². The molecule has 2 N–H and O–H groups in total. The number of rotatable bonds is 4. The maximum atomic E-state index is 11.3. The van der Waals surface area contributed by atoms with E-state index < -0.39 is 0 Å². The Hall–Kier alpha value is -2.04. The van der Waals surface area contributed by atoms with E-state index in [2.05, 4.69) is 10.5 Å². The van der Waals surface area contributed by atoms with Crippen molar-refractivity contribution < 1.29 is 14.7 Å². The highest BCUT2D eigenvalue weighted by atomic mass is 16.5. The topological polar surface area (TPSA) is 70.9 Å². The van der Waals surface area contributed by atoms with Crippen LogP contribution in [0.4, 0.5) is 0 Å². The second kappa shape index (κ2) is 5.53. The Labute approximate surface area is 105 Å². The highest BCUT2D eigenvalue weighted by molar-refractivity contribution is 6.04. The van der Waals surface area contributed by atoms with Gasteiger partial charge in [-0.25, -0.2) is 0 Å². The summed E-state index contributed by atoms with van der Waals surface area (Å²) in [6.45, 7) is 2.49. The smallest absolute Gasteiger partial charge is 0.257 e. The molecule has 0 aliphatic heterocycles. The van der Waals surface area contributed by atoms with Gasteiger partial charge in [0.05, 0.1) is 5.71 Å². The van der Waals surface area contributed by atoms with Gasteiger partial charge in [-0.15, -0.1) is 0 Å². The first-order valence-electron chi connectivity index (χ1n) is 5.98. The molecule has 0 saturated heterocycles. The molecule has 0 fully saturated rings. The van der Waals surface area contributed by atoms with E-state index in [0.717, 1.165) is 24.0 Å². The summed E-state index contributed by atoms with van der Waals surface area (Å²) in [5.74, 6) is 0.537. The summed E-state index contributed by atoms with van der Waals surface area (Å²) < 4.78 is 5.40. The molecule has 0 bridgehead atoms. The zero-order valence-corrected chi connectivity index (χ0v) is 10.3. The number of ether oxygens (including phenoxy) is 1. The van der Waals surface area contributed by atoms with Crippen LogP contribution in [0.15, 0.2) is 23.4 Å². The van der Waals surface area contributed by atoms with E-state index in [1.807, 2.05) is 19.1 Å². The third-order valence-electron chi connectivity index (χ3n) is 2.88. The lowest BCUT2D eigenvalue weighted by Gasteiger charge is -2.07. The van der Waals surface area contributed by atoms with Crippen LogP contribution in [0.25, 0.3) is 0 Å². The van der Waals surface area contributed by atoms with Crippen LogP contribution >= 0.6 is 0 Å². The fourth-order valence-corrected chi connectivity index (χ4v) is 2.04. The van der Waals surface area contributed by atoms with E-state index >= 15 is 0 Å². The van der Waals surface area contributed by atoms with Crippen molar-refractivity contribution >= 4 is 11.6 Å². The fraction of sp³-hybridized carbons (Fsp3) is 0.385. The summed E-state index contributed by atoms with van der Waals surface area (Å²) in [5.41, 5.74) is 2.76. The van der Waals surface area contributed by atoms with Crippen molar-refractivity contribution in [1.29, 1.82) is 0 Å². The van der Waals surface area contributed by atoms with E-state index in [1.165, 1.54) is 0 Å². The zero-order valence-electron chi connectivity index (χ0n) is 10.3. The molecule has 0 unspecified atom stereocenters. The zero-order chi connectivity index (χ0) is 13.0. The third-order valence-corrected chi connectivity index (χ3v) is 2.88. The Bertz CT molecular complexity index is 483. The van der Waals surface area contributed by atoms with Crippen molar-refractivity contribution in [2.45, 2.75) is 19.8 Å². The van der Waals surface area contributed by atoms with Gasteiger partial charge >= 0.3 is 0 Å². The number of carbonyl (C=O) groups excluding carboxylic acids is 1. The normalized spacial score (nSPS) is 15.5. The molecule has 18 heavy (non-hydrogen) atoms. The summed E-state index contributed by atoms with van der Waals surface area (Å²) in [6, 6.07) is 5.55. The van der Waals surface area contributed by atoms with Crippen molar-refractivity contribution in [2.75, 3.05) is 13.2 Å². The molecule has 2 rings (SSSR count). The number of amides is 1. The minimum Gasteiger partial charge on any atom is -0.484 e. The van der Waals surface area contributed by atoms with Gasteiger partial charge in [-0.3, -0.25) is 4.79 Å². The minimum absolute atomic E-state index is 0.0214. The van der Waals surface area contributed by atoms with Gasteiger partial charge in [-0.05, 0) is 43.5 Å². The van der Waals surface area contributed by atoms with Crippen molar-refractivity contribution in [3.63, 3.8) is 0 Å². The summed E-state index contributed by atoms with van der Waals surface area (Å²) in [4.78, 5) is 11.3. The van der Waals surface area contributed by atoms with Gasteiger partial charge in [0.1, 0.15) is 5.75 Å². The maximum absolute atomic E-state index is 11.3. The number of likely N-dealkylation sites (N-methyl/N-ethyl adjacent to an activating group) is 1. The van der Waals surface area contributed by atoms with E-state index in [4.69, 9.17) is 9.94 Å². The highest BCUT2D eigenvalue weighted by Crippen LogP contribution is 2.26. The molecule has 0 radical (unpaired) electrons. The molecule has 0 spiro atoms. The van der Waals surface area contributed by atoms with Gasteiger partial charge in [-0.1, -0.05) is 5.16 Å². The molecule has 1 aliphatic rings. The molecule has 96 valence electrons. The number of nitrogens with zero attached hydrogens (tertiary/aromatic N) is 1. The standard InChI is InChI=1S/C13H16N2O3/c1-2-14-13(16)8-18-10-4-5-11-9(7-10)3-6-12(11)15-17/h4-5,7,17H,2-3,6,8H2,1H3,(H,14,16)/b15-12+. The van der Waals surface area contributed by atoms with E-state index in [0.29, 0.717) is 18.0 Å². The Morgan fingerprint density at radius 1 is 1.50 bits per heavy atom. The average Bonchev–Trinajstić information content (AvgIpc) is 2.79. The second-order valence-electron chi connectivity index (χ2n) is 4.11. The molecule has 1 aliphatic carbocycles. The second-order valence-corrected chi connectivity index (χ2v) is 4.11. The van der Waals surface area contributed by atoms with E-state index in [1.54, 1.807) is 6.07 Å². The van der Waals surface area contributed by atoms with Gasteiger partial charge < -0.3 is 15.3 Å². The van der Waals surface area contributed by atoms with Crippen LogP contribution in [-0.4, -0.2) is 30.0 Å². The van der Waals surface area contributed by atoms with Crippen LogP contribution in [0.2, 0.25) is 0 Å². The van der Waals surface area contributed by atoms with Gasteiger partial charge in [0.25, 0.3) is 5.91 Å². The molecule has 1 aromatic rings. The van der Waals surface area contributed by atoms with E-state index in [-0.39, 0.29) is 12.5 Å². The first kappa shape index (κ1) is 12.4. The maximum Gasteiger partial charge on any atom is 0.257 e. The lowest BCUT2D eigenvalue weighted by molar-refractivity contribution is -0.122. The largest absolute Gasteiger partial charge is 0.484 e. The Morgan fingerprint density at radius 2 is 2.33 bits per heavy atom. The number of hydrogen-bond acceptors (Lipinski definition) is 4. The number of benzene rings is 1.